The van der Waals surface area contributed by atoms with E-state index in [1.165, 1.54) is 0 Å². The Labute approximate surface area is 150 Å². The molecular formula is C19H21NO4S. The van der Waals surface area contributed by atoms with Crippen LogP contribution in [-0.4, -0.2) is 49.3 Å². The summed E-state index contributed by atoms with van der Waals surface area (Å²) in [6.07, 6.45) is 0.419. The van der Waals surface area contributed by atoms with Crippen LogP contribution in [0.4, 0.5) is 0 Å². The maximum Gasteiger partial charge on any atom is 0.227 e. The number of methoxy groups -OCH3 is 1. The second-order valence-corrected chi connectivity index (χ2v) is 7.83. The van der Waals surface area contributed by atoms with Crippen molar-refractivity contribution in [1.82, 2.24) is 4.90 Å². The minimum Gasteiger partial charge on any atom is -0.497 e. The number of hydrogen-bond acceptors (Lipinski definition) is 5. The van der Waals surface area contributed by atoms with Gasteiger partial charge in [0.2, 0.25) is 5.91 Å². The van der Waals surface area contributed by atoms with Crippen LogP contribution >= 0.6 is 11.3 Å². The molecule has 1 aromatic heterocycles. The third-order valence-corrected chi connectivity index (χ3v) is 6.21. The van der Waals surface area contributed by atoms with Crippen molar-refractivity contribution in [2.24, 2.45) is 5.41 Å². The van der Waals surface area contributed by atoms with Crippen LogP contribution in [0.15, 0.2) is 35.7 Å². The molecule has 25 heavy (non-hydrogen) atoms. The maximum absolute atomic E-state index is 12.7. The largest absolute Gasteiger partial charge is 0.497 e. The van der Waals surface area contributed by atoms with Gasteiger partial charge in [0, 0.05) is 35.5 Å². The van der Waals surface area contributed by atoms with E-state index >= 15 is 0 Å². The van der Waals surface area contributed by atoms with Crippen molar-refractivity contribution in [2.75, 3.05) is 33.4 Å². The smallest absolute Gasteiger partial charge is 0.227 e. The van der Waals surface area contributed by atoms with Gasteiger partial charge in [0.1, 0.15) is 11.5 Å². The first-order valence-electron chi connectivity index (χ1n) is 8.37. The molecule has 132 valence electrons. The Hall–Kier alpha value is -2.05. The van der Waals surface area contributed by atoms with Gasteiger partial charge in [-0.05, 0) is 17.5 Å². The number of ether oxygens (including phenoxy) is 2. The molecule has 2 aliphatic heterocycles. The molecule has 0 saturated carbocycles. The fourth-order valence-corrected chi connectivity index (χ4v) is 4.59. The van der Waals surface area contributed by atoms with Gasteiger partial charge in [0.05, 0.1) is 32.2 Å². The van der Waals surface area contributed by atoms with Crippen molar-refractivity contribution in [2.45, 2.75) is 12.3 Å². The zero-order valence-corrected chi connectivity index (χ0v) is 14.9. The molecule has 6 heteroatoms. The normalized spacial score (nSPS) is 24.4. The summed E-state index contributed by atoms with van der Waals surface area (Å²) in [7, 11) is 1.63. The minimum absolute atomic E-state index is 0.00587. The van der Waals surface area contributed by atoms with Crippen molar-refractivity contribution in [1.29, 1.82) is 0 Å². The monoisotopic (exact) mass is 359 g/mol. The molecule has 0 radical (unpaired) electrons. The lowest BCUT2D eigenvalue weighted by Crippen LogP contribution is -2.42. The number of aliphatic hydroxyl groups is 1. The number of benzene rings is 1. The number of fused-ring (bicyclic) bond motifs is 3. The molecule has 3 heterocycles. The molecule has 4 rings (SSSR count). The highest BCUT2D eigenvalue weighted by atomic mass is 32.1. The third-order valence-electron chi connectivity index (χ3n) is 5.33. The van der Waals surface area contributed by atoms with Gasteiger partial charge >= 0.3 is 0 Å². The number of likely N-dealkylation sites (tertiary alicyclic amines) is 1. The van der Waals surface area contributed by atoms with Crippen LogP contribution in [0.25, 0.3) is 0 Å². The van der Waals surface area contributed by atoms with E-state index in [1.807, 2.05) is 40.6 Å². The van der Waals surface area contributed by atoms with Gasteiger partial charge in [-0.2, -0.15) is 0 Å². The first-order valence-corrected chi connectivity index (χ1v) is 9.25. The van der Waals surface area contributed by atoms with Crippen LogP contribution < -0.4 is 9.47 Å². The van der Waals surface area contributed by atoms with Crippen LogP contribution in [0.2, 0.25) is 0 Å². The summed E-state index contributed by atoms with van der Waals surface area (Å²) in [4.78, 5) is 15.7. The second kappa shape index (κ2) is 6.35. The van der Waals surface area contributed by atoms with Gasteiger partial charge in [0.15, 0.2) is 0 Å². The van der Waals surface area contributed by atoms with Crippen LogP contribution in [0, 0.1) is 5.41 Å². The highest BCUT2D eigenvalue weighted by molar-refractivity contribution is 7.10. The minimum atomic E-state index is -0.424. The van der Waals surface area contributed by atoms with Crippen LogP contribution in [-0.2, 0) is 11.2 Å². The van der Waals surface area contributed by atoms with E-state index < -0.39 is 5.41 Å². The van der Waals surface area contributed by atoms with E-state index in [-0.39, 0.29) is 18.4 Å². The summed E-state index contributed by atoms with van der Waals surface area (Å²) in [6, 6.07) is 9.73. The topological polar surface area (TPSA) is 59.0 Å². The number of amides is 1. The molecule has 1 aromatic carbocycles. The lowest BCUT2D eigenvalue weighted by atomic mass is 9.74. The molecule has 1 saturated heterocycles. The van der Waals surface area contributed by atoms with Gasteiger partial charge in [-0.25, -0.2) is 0 Å². The molecule has 2 atom stereocenters. The summed E-state index contributed by atoms with van der Waals surface area (Å²) >= 11 is 1.60. The Morgan fingerprint density at radius 2 is 2.36 bits per heavy atom. The average molecular weight is 359 g/mol. The number of hydrogen-bond donors (Lipinski definition) is 1. The number of carbonyl (C=O) groups excluding carboxylic acids is 1. The first kappa shape index (κ1) is 16.4. The van der Waals surface area contributed by atoms with Crippen LogP contribution in [0.1, 0.15) is 16.4 Å². The Balaban J connectivity index is 1.60. The number of nitrogens with zero attached hydrogens (tertiary/aromatic N) is 1. The lowest BCUT2D eigenvalue weighted by Gasteiger charge is -2.37. The number of carbonyl (C=O) groups is 1. The fraction of sp³-hybridized carbons (Fsp3) is 0.421. The van der Waals surface area contributed by atoms with Crippen LogP contribution in [0.3, 0.4) is 0 Å². The summed E-state index contributed by atoms with van der Waals surface area (Å²) in [5.41, 5.74) is 0.625. The first-order chi connectivity index (χ1) is 12.1. The molecule has 0 aliphatic carbocycles. The molecule has 2 unspecified atom stereocenters. The van der Waals surface area contributed by atoms with E-state index in [0.717, 1.165) is 21.9 Å². The third kappa shape index (κ3) is 2.79. The zero-order chi connectivity index (χ0) is 17.4. The Morgan fingerprint density at radius 1 is 1.48 bits per heavy atom. The van der Waals surface area contributed by atoms with Gasteiger partial charge in [0.25, 0.3) is 0 Å². The summed E-state index contributed by atoms with van der Waals surface area (Å²) < 4.78 is 11.2. The van der Waals surface area contributed by atoms with Gasteiger partial charge in [-0.1, -0.05) is 12.1 Å². The standard InChI is InChI=1S/C19H21NO4S/c1-23-13-4-5-15-16-9-20(18(22)8-14-3-2-6-25-14)10-19(16,11-21)12-24-17(15)7-13/h2-7,16,21H,8-12H2,1H3. The van der Waals surface area contributed by atoms with Gasteiger partial charge in [-0.15, -0.1) is 11.3 Å². The summed E-state index contributed by atoms with van der Waals surface area (Å²) in [5, 5.41) is 12.1. The zero-order valence-electron chi connectivity index (χ0n) is 14.1. The summed E-state index contributed by atoms with van der Waals surface area (Å²) in [6.45, 7) is 1.57. The highest BCUT2D eigenvalue weighted by Gasteiger charge is 2.52. The predicted molar refractivity (Wildman–Crippen MR) is 95.4 cm³/mol. The van der Waals surface area contributed by atoms with Crippen molar-refractivity contribution < 1.29 is 19.4 Å². The van der Waals surface area contributed by atoms with Gasteiger partial charge in [-0.3, -0.25) is 4.79 Å². The van der Waals surface area contributed by atoms with E-state index in [9.17, 15) is 9.90 Å². The Kier molecular flexibility index (Phi) is 4.17. The molecule has 5 nitrogen and oxygen atoms in total. The molecule has 1 fully saturated rings. The molecule has 0 bridgehead atoms. The number of aliphatic hydroxyl groups excluding tert-OH is 1. The summed E-state index contributed by atoms with van der Waals surface area (Å²) in [5.74, 6) is 1.74. The molecular weight excluding hydrogens is 338 g/mol. The second-order valence-electron chi connectivity index (χ2n) is 6.80. The lowest BCUT2D eigenvalue weighted by molar-refractivity contribution is -0.130. The predicted octanol–water partition coefficient (Wildman–Crippen LogP) is 2.30. The highest BCUT2D eigenvalue weighted by Crippen LogP contribution is 2.50. The molecule has 2 aliphatic rings. The fourth-order valence-electron chi connectivity index (χ4n) is 3.89. The molecule has 1 amide bonds. The average Bonchev–Trinajstić information content (AvgIpc) is 3.28. The SMILES string of the molecule is COc1ccc2c(c1)OCC1(CO)CN(C(=O)Cc3cccs3)CC21. The number of rotatable bonds is 4. The van der Waals surface area contributed by atoms with Crippen molar-refractivity contribution in [3.63, 3.8) is 0 Å². The maximum atomic E-state index is 12.7. The molecule has 2 aromatic rings. The van der Waals surface area contributed by atoms with Crippen molar-refractivity contribution in [3.05, 3.63) is 46.2 Å². The molecule has 1 N–H and O–H groups in total. The Morgan fingerprint density at radius 3 is 3.08 bits per heavy atom. The van der Waals surface area contributed by atoms with Gasteiger partial charge < -0.3 is 19.5 Å². The van der Waals surface area contributed by atoms with E-state index in [2.05, 4.69) is 0 Å². The Bertz CT molecular complexity index is 776. The van der Waals surface area contributed by atoms with E-state index in [4.69, 9.17) is 9.47 Å². The van der Waals surface area contributed by atoms with Crippen molar-refractivity contribution in [3.8, 4) is 11.5 Å². The molecule has 0 spiro atoms. The van der Waals surface area contributed by atoms with Crippen LogP contribution in [0.5, 0.6) is 11.5 Å². The quantitative estimate of drug-likeness (QED) is 0.910. The van der Waals surface area contributed by atoms with Crippen molar-refractivity contribution >= 4 is 17.2 Å². The van der Waals surface area contributed by atoms with E-state index in [0.29, 0.717) is 26.1 Å². The van der Waals surface area contributed by atoms with E-state index in [1.54, 1.807) is 18.4 Å². The number of thiophene rings is 1.